The Hall–Kier alpha value is -2.05. The molecule has 23 heavy (non-hydrogen) atoms. The van der Waals surface area contributed by atoms with E-state index in [1.54, 1.807) is 0 Å². The lowest BCUT2D eigenvalue weighted by atomic mass is 10.1. The summed E-state index contributed by atoms with van der Waals surface area (Å²) in [7, 11) is 0. The minimum Gasteiger partial charge on any atom is -0.320 e. The van der Waals surface area contributed by atoms with Crippen molar-refractivity contribution in [2.24, 2.45) is 0 Å². The van der Waals surface area contributed by atoms with E-state index in [1.807, 2.05) is 32.0 Å². The molecular formula is C16H15ClN2O3S. The third-order valence-corrected chi connectivity index (χ3v) is 4.51. The topological polar surface area (TPSA) is 72.2 Å². The van der Waals surface area contributed by atoms with Gasteiger partial charge in [0.25, 0.3) is 5.69 Å². The van der Waals surface area contributed by atoms with Crippen LogP contribution in [0.3, 0.4) is 0 Å². The Morgan fingerprint density at radius 2 is 1.96 bits per heavy atom. The van der Waals surface area contributed by atoms with E-state index >= 15 is 0 Å². The van der Waals surface area contributed by atoms with Crippen molar-refractivity contribution in [2.45, 2.75) is 18.7 Å². The first-order valence-corrected chi connectivity index (χ1v) is 8.17. The highest BCUT2D eigenvalue weighted by Gasteiger charge is 2.16. The number of thioether (sulfide) groups is 1. The standard InChI is InChI=1S/C16H15ClN2O3S/c1-10-3-5-13(7-11(10)2)23-9-16(20)18-14-6-4-12(17)8-15(14)19(21)22/h3-8H,9H2,1-2H3,(H,18,20). The number of rotatable bonds is 5. The molecule has 0 aliphatic rings. The van der Waals surface area contributed by atoms with Crippen LogP contribution in [0.15, 0.2) is 41.3 Å². The fourth-order valence-corrected chi connectivity index (χ4v) is 2.86. The van der Waals surface area contributed by atoms with Crippen molar-refractivity contribution in [1.82, 2.24) is 0 Å². The molecular weight excluding hydrogens is 336 g/mol. The number of carbonyl (C=O) groups excluding carboxylic acids is 1. The zero-order chi connectivity index (χ0) is 17.0. The summed E-state index contributed by atoms with van der Waals surface area (Å²) in [5.41, 5.74) is 2.27. The Bertz CT molecular complexity index is 765. The number of hydrogen-bond donors (Lipinski definition) is 1. The highest BCUT2D eigenvalue weighted by molar-refractivity contribution is 8.00. The molecule has 0 aromatic heterocycles. The molecule has 0 heterocycles. The number of nitro benzene ring substituents is 1. The van der Waals surface area contributed by atoms with Gasteiger partial charge in [0, 0.05) is 16.0 Å². The zero-order valence-corrected chi connectivity index (χ0v) is 14.2. The lowest BCUT2D eigenvalue weighted by molar-refractivity contribution is -0.383. The van der Waals surface area contributed by atoms with Crippen molar-refractivity contribution >= 4 is 40.6 Å². The third kappa shape index (κ3) is 4.71. The van der Waals surface area contributed by atoms with Gasteiger partial charge in [-0.1, -0.05) is 17.7 Å². The molecule has 2 aromatic rings. The van der Waals surface area contributed by atoms with E-state index in [2.05, 4.69) is 5.32 Å². The van der Waals surface area contributed by atoms with Gasteiger partial charge in [0.05, 0.1) is 10.7 Å². The minimum absolute atomic E-state index is 0.144. The smallest absolute Gasteiger partial charge is 0.294 e. The summed E-state index contributed by atoms with van der Waals surface area (Å²) in [5, 5.41) is 13.8. The first kappa shape index (κ1) is 17.3. The van der Waals surface area contributed by atoms with E-state index in [9.17, 15) is 14.9 Å². The lowest BCUT2D eigenvalue weighted by Crippen LogP contribution is -2.15. The number of aryl methyl sites for hydroxylation is 2. The maximum Gasteiger partial charge on any atom is 0.294 e. The summed E-state index contributed by atoms with van der Waals surface area (Å²) in [6.45, 7) is 4.03. The largest absolute Gasteiger partial charge is 0.320 e. The van der Waals surface area contributed by atoms with Crippen LogP contribution in [0.4, 0.5) is 11.4 Å². The second-order valence-corrected chi connectivity index (χ2v) is 6.49. The van der Waals surface area contributed by atoms with Gasteiger partial charge in [0.1, 0.15) is 5.69 Å². The van der Waals surface area contributed by atoms with Crippen LogP contribution in [0.5, 0.6) is 0 Å². The number of amides is 1. The molecule has 7 heteroatoms. The van der Waals surface area contributed by atoms with E-state index in [1.165, 1.54) is 35.5 Å². The lowest BCUT2D eigenvalue weighted by Gasteiger charge is -2.07. The van der Waals surface area contributed by atoms with E-state index < -0.39 is 4.92 Å². The van der Waals surface area contributed by atoms with Gasteiger partial charge in [-0.2, -0.15) is 0 Å². The van der Waals surface area contributed by atoms with Crippen LogP contribution < -0.4 is 5.32 Å². The summed E-state index contributed by atoms with van der Waals surface area (Å²) in [6, 6.07) is 10.1. The quantitative estimate of drug-likeness (QED) is 0.486. The van der Waals surface area contributed by atoms with Crippen LogP contribution in [0.2, 0.25) is 5.02 Å². The average molecular weight is 351 g/mol. The first-order chi connectivity index (χ1) is 10.9. The van der Waals surface area contributed by atoms with E-state index in [0.29, 0.717) is 0 Å². The predicted octanol–water partition coefficient (Wildman–Crippen LogP) is 4.60. The molecule has 0 saturated carbocycles. The Morgan fingerprint density at radius 3 is 2.61 bits per heavy atom. The molecule has 1 amide bonds. The number of carbonyl (C=O) groups is 1. The van der Waals surface area contributed by atoms with Gasteiger partial charge >= 0.3 is 0 Å². The van der Waals surface area contributed by atoms with Crippen LogP contribution in [0, 0.1) is 24.0 Å². The van der Waals surface area contributed by atoms with Gasteiger partial charge in [0.15, 0.2) is 0 Å². The second kappa shape index (κ2) is 7.48. The van der Waals surface area contributed by atoms with Crippen molar-refractivity contribution in [3.8, 4) is 0 Å². The molecule has 0 bridgehead atoms. The zero-order valence-electron chi connectivity index (χ0n) is 12.6. The number of anilines is 1. The van der Waals surface area contributed by atoms with E-state index in [-0.39, 0.29) is 28.1 Å². The fourth-order valence-electron chi connectivity index (χ4n) is 1.90. The molecule has 0 radical (unpaired) electrons. The van der Waals surface area contributed by atoms with Crippen LogP contribution in [0.25, 0.3) is 0 Å². The predicted molar refractivity (Wildman–Crippen MR) is 93.4 cm³/mol. The van der Waals surface area contributed by atoms with Crippen molar-refractivity contribution < 1.29 is 9.72 Å². The number of nitrogens with zero attached hydrogens (tertiary/aromatic N) is 1. The number of halogens is 1. The Morgan fingerprint density at radius 1 is 1.22 bits per heavy atom. The molecule has 0 aliphatic heterocycles. The summed E-state index contributed by atoms with van der Waals surface area (Å²) in [4.78, 5) is 23.4. The Balaban J connectivity index is 2.02. The molecule has 0 saturated heterocycles. The summed E-state index contributed by atoms with van der Waals surface area (Å²) >= 11 is 7.13. The van der Waals surface area contributed by atoms with Gasteiger partial charge in [0.2, 0.25) is 5.91 Å². The Kier molecular flexibility index (Phi) is 5.63. The van der Waals surface area contributed by atoms with Crippen LogP contribution >= 0.6 is 23.4 Å². The number of benzene rings is 2. The molecule has 0 atom stereocenters. The SMILES string of the molecule is Cc1ccc(SCC(=O)Nc2ccc(Cl)cc2[N+](=O)[O-])cc1C. The van der Waals surface area contributed by atoms with Crippen LogP contribution in [0.1, 0.15) is 11.1 Å². The van der Waals surface area contributed by atoms with Crippen LogP contribution in [-0.2, 0) is 4.79 Å². The number of hydrogen-bond acceptors (Lipinski definition) is 4. The summed E-state index contributed by atoms with van der Waals surface area (Å²) in [5.74, 6) is -0.138. The average Bonchev–Trinajstić information content (AvgIpc) is 2.50. The maximum absolute atomic E-state index is 12.0. The molecule has 120 valence electrons. The van der Waals surface area contributed by atoms with Gasteiger partial charge < -0.3 is 5.32 Å². The monoisotopic (exact) mass is 350 g/mol. The van der Waals surface area contributed by atoms with Gasteiger partial charge in [-0.3, -0.25) is 14.9 Å². The first-order valence-electron chi connectivity index (χ1n) is 6.80. The molecule has 2 rings (SSSR count). The van der Waals surface area contributed by atoms with Gasteiger partial charge in [-0.05, 0) is 49.2 Å². The molecule has 0 fully saturated rings. The van der Waals surface area contributed by atoms with Crippen molar-refractivity contribution in [1.29, 1.82) is 0 Å². The third-order valence-electron chi connectivity index (χ3n) is 3.28. The van der Waals surface area contributed by atoms with Crippen LogP contribution in [-0.4, -0.2) is 16.6 Å². The number of nitro groups is 1. The fraction of sp³-hybridized carbons (Fsp3) is 0.188. The highest BCUT2D eigenvalue weighted by Crippen LogP contribution is 2.28. The number of nitrogens with one attached hydrogen (secondary N) is 1. The summed E-state index contributed by atoms with van der Waals surface area (Å²) < 4.78 is 0. The second-order valence-electron chi connectivity index (χ2n) is 5.00. The minimum atomic E-state index is -0.571. The van der Waals surface area contributed by atoms with E-state index in [0.717, 1.165) is 10.5 Å². The van der Waals surface area contributed by atoms with Crippen molar-refractivity contribution in [3.05, 3.63) is 62.7 Å². The summed E-state index contributed by atoms with van der Waals surface area (Å²) in [6.07, 6.45) is 0. The molecule has 1 N–H and O–H groups in total. The molecule has 0 spiro atoms. The van der Waals surface area contributed by atoms with Crippen molar-refractivity contribution in [3.63, 3.8) is 0 Å². The van der Waals surface area contributed by atoms with Crippen molar-refractivity contribution in [2.75, 3.05) is 11.1 Å². The van der Waals surface area contributed by atoms with Gasteiger partial charge in [-0.25, -0.2) is 0 Å². The molecule has 0 aliphatic carbocycles. The van der Waals surface area contributed by atoms with E-state index in [4.69, 9.17) is 11.6 Å². The molecule has 2 aromatic carbocycles. The normalized spacial score (nSPS) is 10.4. The molecule has 0 unspecified atom stereocenters. The maximum atomic E-state index is 12.0. The van der Waals surface area contributed by atoms with Gasteiger partial charge in [-0.15, -0.1) is 11.8 Å². The Labute approximate surface area is 143 Å². The highest BCUT2D eigenvalue weighted by atomic mass is 35.5. The molecule has 5 nitrogen and oxygen atoms in total.